The lowest BCUT2D eigenvalue weighted by Gasteiger charge is -2.27. The molecule has 3 rings (SSSR count). The molecule has 34 heavy (non-hydrogen) atoms. The molecule has 1 aliphatic rings. The molecule has 1 aliphatic heterocycles. The molecule has 0 atom stereocenters. The zero-order valence-electron chi connectivity index (χ0n) is 16.7. The number of hydrogen-bond donors (Lipinski definition) is 2. The summed E-state index contributed by atoms with van der Waals surface area (Å²) in [6.45, 7) is 0.483. The van der Waals surface area contributed by atoms with Crippen LogP contribution in [-0.4, -0.2) is 47.0 Å². The number of amides is 2. The molecule has 1 saturated heterocycles. The Kier molecular flexibility index (Phi) is 6.56. The predicted molar refractivity (Wildman–Crippen MR) is 99.6 cm³/mol. The van der Waals surface area contributed by atoms with Gasteiger partial charge in [-0.2, -0.15) is 40.2 Å². The van der Waals surface area contributed by atoms with E-state index in [2.05, 4.69) is 10.4 Å². The molecule has 0 spiro atoms. The first kappa shape index (κ1) is 25.7. The number of hydrogen-bond acceptors (Lipinski definition) is 4. The zero-order valence-corrected chi connectivity index (χ0v) is 17.5. The van der Waals surface area contributed by atoms with Crippen LogP contribution in [0, 0.1) is 0 Å². The van der Waals surface area contributed by atoms with Crippen LogP contribution >= 0.6 is 11.6 Å². The molecule has 0 bridgehead atoms. The van der Waals surface area contributed by atoms with Gasteiger partial charge >= 0.3 is 18.3 Å². The van der Waals surface area contributed by atoms with Crippen LogP contribution in [0.15, 0.2) is 18.2 Å². The second kappa shape index (κ2) is 8.69. The summed E-state index contributed by atoms with van der Waals surface area (Å²) >= 11 is 5.94. The van der Waals surface area contributed by atoms with Crippen LogP contribution in [0.2, 0.25) is 5.02 Å². The van der Waals surface area contributed by atoms with Gasteiger partial charge in [0.2, 0.25) is 0 Å². The second-order valence-electron chi connectivity index (χ2n) is 7.12. The van der Waals surface area contributed by atoms with Crippen molar-refractivity contribution in [3.05, 3.63) is 45.7 Å². The van der Waals surface area contributed by atoms with Crippen molar-refractivity contribution in [3.8, 4) is 0 Å². The van der Waals surface area contributed by atoms with E-state index in [9.17, 15) is 44.7 Å². The van der Waals surface area contributed by atoms with Crippen LogP contribution in [0.3, 0.4) is 0 Å². The van der Waals surface area contributed by atoms with Gasteiger partial charge in [-0.3, -0.25) is 14.3 Å². The summed E-state index contributed by atoms with van der Waals surface area (Å²) < 4.78 is 111. The number of nitrogens with zero attached hydrogens (tertiary/aromatic N) is 2. The van der Waals surface area contributed by atoms with E-state index in [1.807, 2.05) is 5.32 Å². The zero-order chi connectivity index (χ0) is 25.6. The molecule has 0 aliphatic carbocycles. The average molecular weight is 521 g/mol. The first-order valence-corrected chi connectivity index (χ1v) is 9.50. The lowest BCUT2D eigenvalue weighted by molar-refractivity contribution is -0.292. The van der Waals surface area contributed by atoms with E-state index in [0.717, 1.165) is 18.2 Å². The van der Waals surface area contributed by atoms with E-state index < -0.39 is 47.0 Å². The number of carbonyl (C=O) groups is 2. The molecule has 1 aromatic heterocycles. The van der Waals surface area contributed by atoms with E-state index in [1.165, 1.54) is 0 Å². The number of rotatable bonds is 5. The van der Waals surface area contributed by atoms with Gasteiger partial charge in [0, 0.05) is 12.7 Å². The summed E-state index contributed by atoms with van der Waals surface area (Å²) in [6, 6.07) is 2.89. The fourth-order valence-corrected chi connectivity index (χ4v) is 3.16. The molecule has 0 radical (unpaired) electrons. The van der Waals surface area contributed by atoms with Gasteiger partial charge < -0.3 is 15.4 Å². The van der Waals surface area contributed by atoms with Crippen molar-refractivity contribution in [2.75, 3.05) is 18.5 Å². The number of carbonyl (C=O) groups excluding carboxylic acids is 2. The Labute approximate surface area is 190 Å². The maximum Gasteiger partial charge on any atom is 0.459 e. The van der Waals surface area contributed by atoms with Crippen molar-refractivity contribution in [2.45, 2.75) is 24.3 Å². The minimum absolute atomic E-state index is 0.0345. The Morgan fingerprint density at radius 2 is 1.71 bits per heavy atom. The number of anilines is 1. The normalized spacial score (nSPS) is 15.1. The molecule has 1 fully saturated rings. The van der Waals surface area contributed by atoms with Crippen LogP contribution in [0.4, 0.5) is 40.8 Å². The monoisotopic (exact) mass is 520 g/mol. The molecule has 1 aromatic carbocycles. The largest absolute Gasteiger partial charge is 0.459 e. The molecule has 16 heteroatoms. The summed E-state index contributed by atoms with van der Waals surface area (Å²) in [7, 11) is 0.599. The smallest absolute Gasteiger partial charge is 0.377 e. The Hall–Kier alpha value is -2.94. The number of ether oxygens (including phenoxy) is 1. The van der Waals surface area contributed by atoms with Crippen molar-refractivity contribution < 1.29 is 49.4 Å². The summed E-state index contributed by atoms with van der Waals surface area (Å²) in [5, 5.41) is 7.04. The van der Waals surface area contributed by atoms with Gasteiger partial charge in [0.1, 0.15) is 11.3 Å². The molecule has 2 aromatic rings. The summed E-state index contributed by atoms with van der Waals surface area (Å²) in [5.74, 6) is -8.39. The molecule has 0 unspecified atom stereocenters. The van der Waals surface area contributed by atoms with Gasteiger partial charge in [0.05, 0.1) is 29.8 Å². The third kappa shape index (κ3) is 4.80. The molecule has 186 valence electrons. The minimum atomic E-state index is -6.40. The fraction of sp³-hybridized carbons (Fsp3) is 0.389. The van der Waals surface area contributed by atoms with Gasteiger partial charge in [0.25, 0.3) is 11.8 Å². The highest BCUT2D eigenvalue weighted by atomic mass is 35.5. The number of benzene rings is 1. The van der Waals surface area contributed by atoms with Crippen LogP contribution in [0.1, 0.15) is 32.1 Å². The standard InChI is InChI=1S/C18H13ClF8N4O3/c1-31-12(11(17(22,23)24)13(30-31)16(20,21)18(25,26)27)15(33)28-7-2-3-10(19)9(4-7)14(32)29-8-5-34-6-8/h2-4,8H,5-6H2,1H3,(H,28,33)(H,29,32). The molecular weight excluding hydrogens is 508 g/mol. The maximum absolute atomic E-state index is 13.8. The number of alkyl halides is 8. The second-order valence-corrected chi connectivity index (χ2v) is 7.53. The van der Waals surface area contributed by atoms with Crippen LogP contribution < -0.4 is 10.6 Å². The quantitative estimate of drug-likeness (QED) is 0.581. The number of aromatic nitrogens is 2. The SMILES string of the molecule is Cn1nc(C(F)(F)C(F)(F)F)c(C(F)(F)F)c1C(=O)Nc1ccc(Cl)c(C(=O)NC2COC2)c1. The third-order valence-electron chi connectivity index (χ3n) is 4.64. The van der Waals surface area contributed by atoms with Gasteiger partial charge in [0.15, 0.2) is 5.69 Å². The maximum atomic E-state index is 13.8. The van der Waals surface area contributed by atoms with Crippen LogP contribution in [0.25, 0.3) is 0 Å². The summed E-state index contributed by atoms with van der Waals surface area (Å²) in [5.41, 5.74) is -7.29. The number of nitrogens with one attached hydrogen (secondary N) is 2. The van der Waals surface area contributed by atoms with Gasteiger partial charge in [-0.05, 0) is 18.2 Å². The van der Waals surface area contributed by atoms with Crippen LogP contribution in [0.5, 0.6) is 0 Å². The highest BCUT2D eigenvalue weighted by molar-refractivity contribution is 6.34. The molecular formula is C18H13ClF8N4O3. The fourth-order valence-electron chi connectivity index (χ4n) is 2.96. The lowest BCUT2D eigenvalue weighted by Crippen LogP contribution is -2.48. The Morgan fingerprint density at radius 1 is 1.09 bits per heavy atom. The predicted octanol–water partition coefficient (Wildman–Crippen LogP) is 4.13. The van der Waals surface area contributed by atoms with E-state index in [1.54, 1.807) is 0 Å². The highest BCUT2D eigenvalue weighted by Gasteiger charge is 2.64. The Morgan fingerprint density at radius 3 is 2.21 bits per heavy atom. The summed E-state index contributed by atoms with van der Waals surface area (Å²) in [4.78, 5) is 24.9. The van der Waals surface area contributed by atoms with Crippen LogP contribution in [-0.2, 0) is 23.9 Å². The van der Waals surface area contributed by atoms with Crippen molar-refractivity contribution in [2.24, 2.45) is 7.05 Å². The number of halogens is 9. The number of aryl methyl sites for hydroxylation is 1. The van der Waals surface area contributed by atoms with Crippen molar-refractivity contribution >= 4 is 29.1 Å². The molecule has 2 amide bonds. The van der Waals surface area contributed by atoms with E-state index >= 15 is 0 Å². The Balaban J connectivity index is 1.98. The van der Waals surface area contributed by atoms with E-state index in [0.29, 0.717) is 7.05 Å². The first-order chi connectivity index (χ1) is 15.5. The highest BCUT2D eigenvalue weighted by Crippen LogP contribution is 2.48. The molecule has 2 heterocycles. The molecule has 2 N–H and O–H groups in total. The molecule has 0 saturated carbocycles. The van der Waals surface area contributed by atoms with E-state index in [-0.39, 0.29) is 40.2 Å². The van der Waals surface area contributed by atoms with E-state index in [4.69, 9.17) is 16.3 Å². The third-order valence-corrected chi connectivity index (χ3v) is 4.97. The van der Waals surface area contributed by atoms with Crippen molar-refractivity contribution in [3.63, 3.8) is 0 Å². The lowest BCUT2D eigenvalue weighted by atomic mass is 10.1. The van der Waals surface area contributed by atoms with Crippen molar-refractivity contribution in [1.82, 2.24) is 15.1 Å². The summed E-state index contributed by atoms with van der Waals surface area (Å²) in [6.07, 6.45) is -12.2. The van der Waals surface area contributed by atoms with Gasteiger partial charge in [-0.15, -0.1) is 0 Å². The average Bonchev–Trinajstić information content (AvgIpc) is 3.03. The van der Waals surface area contributed by atoms with Gasteiger partial charge in [-0.1, -0.05) is 11.6 Å². The van der Waals surface area contributed by atoms with Gasteiger partial charge in [-0.25, -0.2) is 0 Å². The topological polar surface area (TPSA) is 85.2 Å². The van der Waals surface area contributed by atoms with Crippen molar-refractivity contribution in [1.29, 1.82) is 0 Å². The first-order valence-electron chi connectivity index (χ1n) is 9.12. The minimum Gasteiger partial charge on any atom is -0.377 e. The molecule has 7 nitrogen and oxygen atoms in total. The Bertz CT molecular complexity index is 1130.